The van der Waals surface area contributed by atoms with Crippen LogP contribution in [0.1, 0.15) is 6.92 Å². The van der Waals surface area contributed by atoms with Crippen LogP contribution in [0.3, 0.4) is 0 Å². The Morgan fingerprint density at radius 3 is 2.32 bits per heavy atom. The lowest BCUT2D eigenvalue weighted by Gasteiger charge is -2.18. The Labute approximate surface area is 177 Å². The highest BCUT2D eigenvalue weighted by atomic mass is 79.9. The third-order valence-corrected chi connectivity index (χ3v) is 5.45. The molecule has 0 aliphatic carbocycles. The standard InChI is InChI=1S/C20H24BrNO5S/c1-13(28-16-9-7-14(21)8-10-16)20(24)22-11-15(23)12-27-19-17(25-2)5-4-6-18(19)26-3/h4-10,13,15,23H,11-12H2,1-3H3,(H,22,24). The average molecular weight is 470 g/mol. The number of methoxy groups -OCH3 is 2. The number of thioether (sulfide) groups is 1. The molecule has 0 saturated heterocycles. The molecule has 0 spiro atoms. The molecule has 8 heteroatoms. The lowest BCUT2D eigenvalue weighted by Crippen LogP contribution is -2.38. The molecular weight excluding hydrogens is 446 g/mol. The van der Waals surface area contributed by atoms with Gasteiger partial charge in [-0.15, -0.1) is 11.8 Å². The van der Waals surface area contributed by atoms with Gasteiger partial charge >= 0.3 is 0 Å². The number of rotatable bonds is 10. The number of aliphatic hydroxyl groups excluding tert-OH is 1. The third kappa shape index (κ3) is 6.61. The number of carbonyl (C=O) groups excluding carboxylic acids is 1. The molecule has 0 aliphatic heterocycles. The molecule has 0 radical (unpaired) electrons. The normalized spacial score (nSPS) is 12.8. The van der Waals surface area contributed by atoms with E-state index in [4.69, 9.17) is 14.2 Å². The van der Waals surface area contributed by atoms with Crippen LogP contribution in [-0.2, 0) is 4.79 Å². The maximum absolute atomic E-state index is 12.3. The van der Waals surface area contributed by atoms with Gasteiger partial charge in [0.1, 0.15) is 12.7 Å². The van der Waals surface area contributed by atoms with Crippen LogP contribution < -0.4 is 19.5 Å². The first-order valence-corrected chi connectivity index (χ1v) is 10.3. The highest BCUT2D eigenvalue weighted by Crippen LogP contribution is 2.36. The van der Waals surface area contributed by atoms with Gasteiger partial charge < -0.3 is 24.6 Å². The Morgan fingerprint density at radius 1 is 1.14 bits per heavy atom. The maximum Gasteiger partial charge on any atom is 0.233 e. The number of hydrogen-bond donors (Lipinski definition) is 2. The second kappa shape index (κ2) is 11.2. The summed E-state index contributed by atoms with van der Waals surface area (Å²) in [6, 6.07) is 13.0. The molecule has 0 aliphatic rings. The number of aliphatic hydroxyl groups is 1. The Hall–Kier alpha value is -1.90. The van der Waals surface area contributed by atoms with Crippen LogP contribution in [0.2, 0.25) is 0 Å². The van der Waals surface area contributed by atoms with E-state index in [0.29, 0.717) is 17.2 Å². The molecule has 2 aromatic carbocycles. The summed E-state index contributed by atoms with van der Waals surface area (Å²) >= 11 is 4.84. The largest absolute Gasteiger partial charge is 0.493 e. The van der Waals surface area contributed by atoms with Crippen LogP contribution >= 0.6 is 27.7 Å². The molecule has 0 heterocycles. The van der Waals surface area contributed by atoms with Gasteiger partial charge in [-0.1, -0.05) is 22.0 Å². The van der Waals surface area contributed by atoms with E-state index in [1.807, 2.05) is 31.2 Å². The van der Waals surface area contributed by atoms with Gasteiger partial charge in [0, 0.05) is 15.9 Å². The average Bonchev–Trinajstić information content (AvgIpc) is 2.71. The number of benzene rings is 2. The van der Waals surface area contributed by atoms with Crippen molar-refractivity contribution in [3.05, 3.63) is 46.9 Å². The Kier molecular flexibility index (Phi) is 8.95. The number of ether oxygens (including phenoxy) is 3. The molecule has 2 aromatic rings. The summed E-state index contributed by atoms with van der Waals surface area (Å²) in [5.74, 6) is 1.28. The van der Waals surface area contributed by atoms with Crippen molar-refractivity contribution >= 4 is 33.6 Å². The highest BCUT2D eigenvalue weighted by Gasteiger charge is 2.17. The lowest BCUT2D eigenvalue weighted by molar-refractivity contribution is -0.120. The fraction of sp³-hybridized carbons (Fsp3) is 0.350. The number of carbonyl (C=O) groups is 1. The molecule has 0 bridgehead atoms. The second-order valence-electron chi connectivity index (χ2n) is 5.92. The van der Waals surface area contributed by atoms with E-state index >= 15 is 0 Å². The summed E-state index contributed by atoms with van der Waals surface area (Å²) < 4.78 is 17.1. The fourth-order valence-corrected chi connectivity index (χ4v) is 3.49. The zero-order valence-electron chi connectivity index (χ0n) is 16.0. The van der Waals surface area contributed by atoms with E-state index in [-0.39, 0.29) is 24.3 Å². The molecule has 0 aromatic heterocycles. The molecule has 2 rings (SSSR count). The summed E-state index contributed by atoms with van der Waals surface area (Å²) in [6.45, 7) is 1.90. The van der Waals surface area contributed by atoms with Gasteiger partial charge in [-0.3, -0.25) is 4.79 Å². The van der Waals surface area contributed by atoms with Crippen LogP contribution in [0.5, 0.6) is 17.2 Å². The predicted molar refractivity (Wildman–Crippen MR) is 114 cm³/mol. The van der Waals surface area contributed by atoms with Crippen LogP contribution in [0.15, 0.2) is 51.8 Å². The number of halogens is 1. The first-order valence-electron chi connectivity index (χ1n) is 8.66. The quantitative estimate of drug-likeness (QED) is 0.518. The number of nitrogens with one attached hydrogen (secondary N) is 1. The van der Waals surface area contributed by atoms with Crippen LogP contribution in [-0.4, -0.2) is 49.7 Å². The minimum Gasteiger partial charge on any atom is -0.493 e. The van der Waals surface area contributed by atoms with Crippen molar-refractivity contribution in [1.82, 2.24) is 5.32 Å². The predicted octanol–water partition coefficient (Wildman–Crippen LogP) is 3.50. The molecule has 0 fully saturated rings. The molecule has 1 amide bonds. The number of para-hydroxylation sites is 1. The number of amides is 1. The van der Waals surface area contributed by atoms with E-state index < -0.39 is 6.10 Å². The van der Waals surface area contributed by atoms with E-state index in [1.165, 1.54) is 26.0 Å². The Bertz CT molecular complexity index is 749. The van der Waals surface area contributed by atoms with Gasteiger partial charge in [0.15, 0.2) is 11.5 Å². The smallest absolute Gasteiger partial charge is 0.233 e. The Morgan fingerprint density at radius 2 is 1.75 bits per heavy atom. The second-order valence-corrected chi connectivity index (χ2v) is 8.25. The van der Waals surface area contributed by atoms with Crippen LogP contribution in [0, 0.1) is 0 Å². The van der Waals surface area contributed by atoms with Gasteiger partial charge in [-0.05, 0) is 43.3 Å². The summed E-state index contributed by atoms with van der Waals surface area (Å²) in [6.07, 6.45) is -0.872. The van der Waals surface area contributed by atoms with E-state index in [9.17, 15) is 9.90 Å². The van der Waals surface area contributed by atoms with Crippen molar-refractivity contribution in [2.24, 2.45) is 0 Å². The van der Waals surface area contributed by atoms with Crippen molar-refractivity contribution in [3.63, 3.8) is 0 Å². The molecule has 6 nitrogen and oxygen atoms in total. The van der Waals surface area contributed by atoms with E-state index in [2.05, 4.69) is 21.2 Å². The summed E-state index contributed by atoms with van der Waals surface area (Å²) in [4.78, 5) is 13.3. The van der Waals surface area contributed by atoms with Gasteiger partial charge in [-0.25, -0.2) is 0 Å². The molecule has 2 unspecified atom stereocenters. The van der Waals surface area contributed by atoms with E-state index in [0.717, 1.165) is 9.37 Å². The fourth-order valence-electron chi connectivity index (χ4n) is 2.33. The van der Waals surface area contributed by atoms with Crippen molar-refractivity contribution in [3.8, 4) is 17.2 Å². The van der Waals surface area contributed by atoms with Gasteiger partial charge in [0.05, 0.1) is 19.5 Å². The summed E-state index contributed by atoms with van der Waals surface area (Å²) in [5, 5.41) is 12.6. The topological polar surface area (TPSA) is 77.0 Å². The molecule has 152 valence electrons. The van der Waals surface area contributed by atoms with Crippen LogP contribution in [0.25, 0.3) is 0 Å². The van der Waals surface area contributed by atoms with Crippen molar-refractivity contribution in [2.75, 3.05) is 27.4 Å². The first kappa shape index (κ1) is 22.4. The van der Waals surface area contributed by atoms with Gasteiger partial charge in [0.25, 0.3) is 0 Å². The monoisotopic (exact) mass is 469 g/mol. The maximum atomic E-state index is 12.3. The molecule has 2 N–H and O–H groups in total. The highest BCUT2D eigenvalue weighted by molar-refractivity contribution is 9.10. The van der Waals surface area contributed by atoms with Crippen molar-refractivity contribution in [1.29, 1.82) is 0 Å². The zero-order chi connectivity index (χ0) is 20.5. The van der Waals surface area contributed by atoms with Crippen molar-refractivity contribution in [2.45, 2.75) is 23.2 Å². The molecular formula is C20H24BrNO5S. The zero-order valence-corrected chi connectivity index (χ0v) is 18.4. The summed E-state index contributed by atoms with van der Waals surface area (Å²) in [5.41, 5.74) is 0. The minimum atomic E-state index is -0.872. The van der Waals surface area contributed by atoms with Gasteiger partial charge in [0.2, 0.25) is 11.7 Å². The summed E-state index contributed by atoms with van der Waals surface area (Å²) in [7, 11) is 3.06. The minimum absolute atomic E-state index is 0.00868. The van der Waals surface area contributed by atoms with Gasteiger partial charge in [-0.2, -0.15) is 0 Å². The first-order chi connectivity index (χ1) is 13.4. The molecule has 28 heavy (non-hydrogen) atoms. The van der Waals surface area contributed by atoms with Crippen LogP contribution in [0.4, 0.5) is 0 Å². The SMILES string of the molecule is COc1cccc(OC)c1OCC(O)CNC(=O)C(C)Sc1ccc(Br)cc1. The Balaban J connectivity index is 1.81. The van der Waals surface area contributed by atoms with E-state index in [1.54, 1.807) is 18.2 Å². The van der Waals surface area contributed by atoms with Crippen molar-refractivity contribution < 1.29 is 24.1 Å². The third-order valence-electron chi connectivity index (χ3n) is 3.81. The lowest BCUT2D eigenvalue weighted by atomic mass is 10.3. The molecule has 2 atom stereocenters. The number of hydrogen-bond acceptors (Lipinski definition) is 6. The molecule has 0 saturated carbocycles.